The fourth-order valence-corrected chi connectivity index (χ4v) is 5.50. The molecule has 5 rings (SSSR count). The monoisotopic (exact) mass is 502 g/mol. The average molecular weight is 503 g/mol. The predicted octanol–water partition coefficient (Wildman–Crippen LogP) is 6.64. The maximum absolute atomic E-state index is 6.49. The second kappa shape index (κ2) is 9.36. The molecule has 3 heterocycles. The highest BCUT2D eigenvalue weighted by atomic mass is 35.5. The molecule has 35 heavy (non-hydrogen) atoms. The molecule has 5 nitrogen and oxygen atoms in total. The molecule has 0 aliphatic carbocycles. The first-order valence-electron chi connectivity index (χ1n) is 11.5. The van der Waals surface area contributed by atoms with E-state index in [1.165, 1.54) is 5.56 Å². The number of hydrogen-bond donors (Lipinski definition) is 1. The van der Waals surface area contributed by atoms with Crippen molar-refractivity contribution in [3.63, 3.8) is 0 Å². The van der Waals surface area contributed by atoms with Crippen molar-refractivity contribution in [1.29, 1.82) is 0 Å². The van der Waals surface area contributed by atoms with Crippen LogP contribution in [0.1, 0.15) is 40.3 Å². The summed E-state index contributed by atoms with van der Waals surface area (Å²) in [5, 5.41) is 4.97. The Hall–Kier alpha value is -3.35. The van der Waals surface area contributed by atoms with Crippen molar-refractivity contribution >= 4 is 34.6 Å². The maximum atomic E-state index is 6.49. The highest BCUT2D eigenvalue weighted by Crippen LogP contribution is 2.44. The van der Waals surface area contributed by atoms with Crippen molar-refractivity contribution in [3.8, 4) is 11.4 Å². The molecule has 2 aromatic carbocycles. The third kappa shape index (κ3) is 4.07. The number of methoxy groups -OCH3 is 1. The first-order chi connectivity index (χ1) is 16.9. The topological polar surface area (TPSA) is 42.3 Å². The van der Waals surface area contributed by atoms with Gasteiger partial charge in [-0.2, -0.15) is 0 Å². The second-order valence-electron chi connectivity index (χ2n) is 8.74. The lowest BCUT2D eigenvalue weighted by molar-refractivity contribution is 0.415. The molecule has 0 amide bonds. The van der Waals surface area contributed by atoms with Crippen LogP contribution in [0.4, 0.5) is 5.69 Å². The van der Waals surface area contributed by atoms with Crippen LogP contribution < -0.4 is 15.0 Å². The van der Waals surface area contributed by atoms with Gasteiger partial charge >= 0.3 is 0 Å². The number of benzene rings is 2. The van der Waals surface area contributed by atoms with Gasteiger partial charge in [0, 0.05) is 34.0 Å². The third-order valence-electron chi connectivity index (χ3n) is 6.72. The van der Waals surface area contributed by atoms with E-state index < -0.39 is 0 Å². The fourth-order valence-electron chi connectivity index (χ4n) is 4.99. The van der Waals surface area contributed by atoms with Gasteiger partial charge in [-0.15, -0.1) is 0 Å². The van der Waals surface area contributed by atoms with Gasteiger partial charge in [-0.1, -0.05) is 23.7 Å². The Bertz CT molecular complexity index is 1380. The van der Waals surface area contributed by atoms with E-state index in [-0.39, 0.29) is 12.1 Å². The predicted molar refractivity (Wildman–Crippen MR) is 146 cm³/mol. The molecule has 1 aliphatic rings. The molecule has 0 radical (unpaired) electrons. The van der Waals surface area contributed by atoms with Crippen LogP contribution in [0, 0.1) is 20.8 Å². The van der Waals surface area contributed by atoms with E-state index in [0.29, 0.717) is 5.11 Å². The van der Waals surface area contributed by atoms with Gasteiger partial charge in [-0.05, 0) is 98.7 Å². The zero-order chi connectivity index (χ0) is 24.7. The van der Waals surface area contributed by atoms with Crippen LogP contribution in [-0.2, 0) is 0 Å². The molecule has 1 N–H and O–H groups in total. The smallest absolute Gasteiger partial charge is 0.174 e. The van der Waals surface area contributed by atoms with Crippen LogP contribution in [0.15, 0.2) is 72.9 Å². The number of thiocarbonyl (C=S) groups is 1. The van der Waals surface area contributed by atoms with Crippen LogP contribution in [-0.4, -0.2) is 21.8 Å². The maximum Gasteiger partial charge on any atom is 0.174 e. The zero-order valence-corrected chi connectivity index (χ0v) is 21.7. The van der Waals surface area contributed by atoms with Gasteiger partial charge in [0.2, 0.25) is 0 Å². The molecular weight excluding hydrogens is 476 g/mol. The molecule has 7 heteroatoms. The molecule has 2 aromatic heterocycles. The number of nitrogens with one attached hydrogen (secondary N) is 1. The number of anilines is 1. The van der Waals surface area contributed by atoms with Crippen molar-refractivity contribution in [2.45, 2.75) is 32.9 Å². The molecule has 1 fully saturated rings. The molecule has 0 bridgehead atoms. The molecule has 2 atom stereocenters. The van der Waals surface area contributed by atoms with Crippen molar-refractivity contribution in [2.24, 2.45) is 0 Å². The minimum Gasteiger partial charge on any atom is -0.497 e. The molecule has 0 spiro atoms. The van der Waals surface area contributed by atoms with E-state index in [1.54, 1.807) is 7.11 Å². The lowest BCUT2D eigenvalue weighted by atomic mass is 9.96. The summed E-state index contributed by atoms with van der Waals surface area (Å²) in [5.74, 6) is 0.805. The van der Waals surface area contributed by atoms with E-state index in [9.17, 15) is 0 Å². The molecule has 4 aromatic rings. The number of nitrogens with zero attached hydrogens (tertiary/aromatic N) is 3. The molecule has 0 saturated carbocycles. The van der Waals surface area contributed by atoms with Crippen molar-refractivity contribution in [1.82, 2.24) is 14.9 Å². The van der Waals surface area contributed by atoms with Gasteiger partial charge in [0.1, 0.15) is 5.75 Å². The third-order valence-corrected chi connectivity index (χ3v) is 7.44. The first kappa shape index (κ1) is 23.4. The SMILES string of the molecule is COc1ccc(N2C(=S)N[C@H](c3ccccn3)[C@@H]2c2cc(C)n(-c3cccc(Cl)c3C)c2C)cc1. The summed E-state index contributed by atoms with van der Waals surface area (Å²) in [5.41, 5.74) is 7.53. The summed E-state index contributed by atoms with van der Waals surface area (Å²) >= 11 is 12.4. The molecular formula is C28H27ClN4OS. The summed E-state index contributed by atoms with van der Waals surface area (Å²) < 4.78 is 7.65. The molecule has 0 unspecified atom stereocenters. The fraction of sp³-hybridized carbons (Fsp3) is 0.214. The number of aromatic nitrogens is 2. The van der Waals surface area contributed by atoms with Crippen molar-refractivity contribution < 1.29 is 4.74 Å². The van der Waals surface area contributed by atoms with Crippen LogP contribution in [0.3, 0.4) is 0 Å². The number of pyridine rings is 1. The van der Waals surface area contributed by atoms with Gasteiger partial charge in [0.25, 0.3) is 0 Å². The Balaban J connectivity index is 1.68. The normalized spacial score (nSPS) is 17.5. The van der Waals surface area contributed by atoms with E-state index in [4.69, 9.17) is 28.6 Å². The first-order valence-corrected chi connectivity index (χ1v) is 12.3. The standard InChI is InChI=1S/C28H27ClN4OS/c1-17-16-22(19(3)32(17)25-10-7-8-23(29)18(25)2)27-26(24-9-5-6-15-30-24)31-28(35)33(27)20-11-13-21(34-4)14-12-20/h5-16,26-27H,1-4H3,(H,31,35)/t26-,27+/m1/s1. The number of halogens is 1. The Kier molecular flexibility index (Phi) is 6.26. The minimum absolute atomic E-state index is 0.0924. The second-order valence-corrected chi connectivity index (χ2v) is 9.53. The van der Waals surface area contributed by atoms with Crippen LogP contribution in [0.5, 0.6) is 5.75 Å². The van der Waals surface area contributed by atoms with Gasteiger partial charge in [-0.3, -0.25) is 4.98 Å². The summed E-state index contributed by atoms with van der Waals surface area (Å²) in [6, 6.07) is 22.1. The summed E-state index contributed by atoms with van der Waals surface area (Å²) in [7, 11) is 1.67. The molecule has 1 aliphatic heterocycles. The van der Waals surface area contributed by atoms with Crippen molar-refractivity contribution in [2.75, 3.05) is 12.0 Å². The Morgan fingerprint density at radius 1 is 1.00 bits per heavy atom. The van der Waals surface area contributed by atoms with E-state index in [2.05, 4.69) is 52.7 Å². The van der Waals surface area contributed by atoms with Gasteiger partial charge in [0.05, 0.1) is 24.9 Å². The van der Waals surface area contributed by atoms with Gasteiger partial charge < -0.3 is 19.5 Å². The largest absolute Gasteiger partial charge is 0.497 e. The zero-order valence-electron chi connectivity index (χ0n) is 20.1. The van der Waals surface area contributed by atoms with E-state index in [0.717, 1.165) is 44.8 Å². The average Bonchev–Trinajstić information content (AvgIpc) is 3.36. The Morgan fingerprint density at radius 2 is 1.77 bits per heavy atom. The number of rotatable bonds is 5. The molecule has 178 valence electrons. The number of hydrogen-bond acceptors (Lipinski definition) is 3. The van der Waals surface area contributed by atoms with Gasteiger partial charge in [0.15, 0.2) is 5.11 Å². The lowest BCUT2D eigenvalue weighted by Gasteiger charge is -2.28. The Labute approximate surface area is 216 Å². The van der Waals surface area contributed by atoms with Crippen LogP contribution >= 0.6 is 23.8 Å². The highest BCUT2D eigenvalue weighted by Gasteiger charge is 2.42. The summed E-state index contributed by atoms with van der Waals surface area (Å²) in [4.78, 5) is 6.86. The quantitative estimate of drug-likeness (QED) is 0.310. The summed E-state index contributed by atoms with van der Waals surface area (Å²) in [6.07, 6.45) is 1.83. The van der Waals surface area contributed by atoms with Gasteiger partial charge in [-0.25, -0.2) is 0 Å². The minimum atomic E-state index is -0.111. The van der Waals surface area contributed by atoms with Crippen LogP contribution in [0.25, 0.3) is 5.69 Å². The van der Waals surface area contributed by atoms with Crippen molar-refractivity contribution in [3.05, 3.63) is 106 Å². The van der Waals surface area contributed by atoms with E-state index >= 15 is 0 Å². The highest BCUT2D eigenvalue weighted by molar-refractivity contribution is 7.80. The lowest BCUT2D eigenvalue weighted by Crippen LogP contribution is -2.29. The number of ether oxygens (including phenoxy) is 1. The van der Waals surface area contributed by atoms with E-state index in [1.807, 2.05) is 60.8 Å². The molecule has 1 saturated heterocycles. The van der Waals surface area contributed by atoms with Crippen LogP contribution in [0.2, 0.25) is 5.02 Å². The number of aryl methyl sites for hydroxylation is 1. The summed E-state index contributed by atoms with van der Waals surface area (Å²) in [6.45, 7) is 6.35. The Morgan fingerprint density at radius 3 is 2.46 bits per heavy atom.